The summed E-state index contributed by atoms with van der Waals surface area (Å²) in [7, 11) is 3.10. The van der Waals surface area contributed by atoms with E-state index in [1.54, 1.807) is 38.5 Å². The molecule has 0 aromatic heterocycles. The molecule has 0 aliphatic rings. The third kappa shape index (κ3) is 3.02. The number of ether oxygens (including phenoxy) is 2. The average molecular weight is 222 g/mol. The van der Waals surface area contributed by atoms with Crippen molar-refractivity contribution in [3.05, 3.63) is 29.3 Å². The largest absolute Gasteiger partial charge is 0.497 e. The Bertz CT molecular complexity index is 399. The van der Waals surface area contributed by atoms with Gasteiger partial charge < -0.3 is 14.6 Å². The molecule has 1 aromatic carbocycles. The van der Waals surface area contributed by atoms with Gasteiger partial charge in [0.05, 0.1) is 14.2 Å². The number of hydrogen-bond donors (Lipinski definition) is 1. The van der Waals surface area contributed by atoms with Crippen molar-refractivity contribution in [2.75, 3.05) is 14.2 Å². The molecule has 16 heavy (non-hydrogen) atoms. The molecule has 0 heterocycles. The molecule has 0 fully saturated rings. The standard InChI is InChI=1S/C12H14O4/c1-8(12(13)14)4-9-5-10(15-2)7-11(6-9)16-3/h4-7H,1-3H3,(H,13,14)/b8-4+. The fourth-order valence-corrected chi connectivity index (χ4v) is 1.22. The van der Waals surface area contributed by atoms with Gasteiger partial charge in [0.15, 0.2) is 0 Å². The van der Waals surface area contributed by atoms with Gasteiger partial charge >= 0.3 is 5.97 Å². The van der Waals surface area contributed by atoms with E-state index in [9.17, 15) is 4.79 Å². The molecule has 1 N–H and O–H groups in total. The van der Waals surface area contributed by atoms with Crippen molar-refractivity contribution in [1.82, 2.24) is 0 Å². The van der Waals surface area contributed by atoms with Gasteiger partial charge in [-0.1, -0.05) is 0 Å². The van der Waals surface area contributed by atoms with Crippen molar-refractivity contribution in [1.29, 1.82) is 0 Å². The molecule has 0 amide bonds. The van der Waals surface area contributed by atoms with Crippen molar-refractivity contribution in [3.63, 3.8) is 0 Å². The van der Waals surface area contributed by atoms with Crippen LogP contribution in [0.3, 0.4) is 0 Å². The van der Waals surface area contributed by atoms with Crippen LogP contribution in [0.5, 0.6) is 11.5 Å². The van der Waals surface area contributed by atoms with Gasteiger partial charge in [-0.15, -0.1) is 0 Å². The molecule has 86 valence electrons. The molecular formula is C12H14O4. The van der Waals surface area contributed by atoms with Crippen LogP contribution in [0, 0.1) is 0 Å². The van der Waals surface area contributed by atoms with E-state index in [0.29, 0.717) is 11.5 Å². The van der Waals surface area contributed by atoms with Gasteiger partial charge in [-0.2, -0.15) is 0 Å². The maximum absolute atomic E-state index is 10.7. The van der Waals surface area contributed by atoms with Crippen LogP contribution in [-0.2, 0) is 4.79 Å². The second kappa shape index (κ2) is 5.21. The molecular weight excluding hydrogens is 208 g/mol. The fraction of sp³-hybridized carbons (Fsp3) is 0.250. The Hall–Kier alpha value is -1.97. The highest BCUT2D eigenvalue weighted by Crippen LogP contribution is 2.23. The summed E-state index contributed by atoms with van der Waals surface area (Å²) in [5.74, 6) is 0.314. The van der Waals surface area contributed by atoms with Crippen LogP contribution >= 0.6 is 0 Å². The topological polar surface area (TPSA) is 55.8 Å². The Kier molecular flexibility index (Phi) is 3.94. The number of carboxylic acid groups (broad SMARTS) is 1. The monoisotopic (exact) mass is 222 g/mol. The highest BCUT2D eigenvalue weighted by atomic mass is 16.5. The molecule has 4 nitrogen and oxygen atoms in total. The van der Waals surface area contributed by atoms with Gasteiger partial charge in [-0.3, -0.25) is 0 Å². The lowest BCUT2D eigenvalue weighted by Crippen LogP contribution is -1.96. The lowest BCUT2D eigenvalue weighted by Gasteiger charge is -2.06. The SMILES string of the molecule is COc1cc(/C=C(\C)C(=O)O)cc(OC)c1. The summed E-state index contributed by atoms with van der Waals surface area (Å²) in [4.78, 5) is 10.7. The minimum absolute atomic E-state index is 0.260. The maximum atomic E-state index is 10.7. The molecule has 0 saturated carbocycles. The van der Waals surface area contributed by atoms with Gasteiger partial charge in [-0.05, 0) is 30.7 Å². The van der Waals surface area contributed by atoms with E-state index in [1.807, 2.05) is 0 Å². The Morgan fingerprint density at radius 3 is 2.06 bits per heavy atom. The second-order valence-corrected chi connectivity index (χ2v) is 3.28. The summed E-state index contributed by atoms with van der Waals surface area (Å²) in [6.07, 6.45) is 1.56. The predicted molar refractivity (Wildman–Crippen MR) is 60.8 cm³/mol. The molecule has 0 radical (unpaired) electrons. The van der Waals surface area contributed by atoms with Crippen molar-refractivity contribution in [3.8, 4) is 11.5 Å². The molecule has 0 spiro atoms. The van der Waals surface area contributed by atoms with Gasteiger partial charge in [0, 0.05) is 11.6 Å². The maximum Gasteiger partial charge on any atom is 0.331 e. The van der Waals surface area contributed by atoms with Crippen molar-refractivity contribution in [2.45, 2.75) is 6.92 Å². The molecule has 1 aromatic rings. The Balaban J connectivity index is 3.13. The Morgan fingerprint density at radius 1 is 1.19 bits per heavy atom. The summed E-state index contributed by atoms with van der Waals surface area (Å²) in [5.41, 5.74) is 0.992. The zero-order valence-corrected chi connectivity index (χ0v) is 9.48. The zero-order chi connectivity index (χ0) is 12.1. The van der Waals surface area contributed by atoms with Crippen molar-refractivity contribution in [2.24, 2.45) is 0 Å². The third-order valence-electron chi connectivity index (χ3n) is 2.09. The fourth-order valence-electron chi connectivity index (χ4n) is 1.22. The lowest BCUT2D eigenvalue weighted by molar-refractivity contribution is -0.132. The molecule has 0 bridgehead atoms. The van der Waals surface area contributed by atoms with E-state index in [4.69, 9.17) is 14.6 Å². The second-order valence-electron chi connectivity index (χ2n) is 3.28. The summed E-state index contributed by atoms with van der Waals surface area (Å²) < 4.78 is 10.2. The van der Waals surface area contributed by atoms with Gasteiger partial charge in [-0.25, -0.2) is 4.79 Å². The molecule has 4 heteroatoms. The number of carbonyl (C=O) groups is 1. The van der Waals surface area contributed by atoms with Crippen molar-refractivity contribution < 1.29 is 19.4 Å². The van der Waals surface area contributed by atoms with Crippen LogP contribution in [0.2, 0.25) is 0 Å². The van der Waals surface area contributed by atoms with E-state index in [0.717, 1.165) is 5.56 Å². The normalized spacial score (nSPS) is 11.1. The molecule has 1 rings (SSSR count). The first-order valence-electron chi connectivity index (χ1n) is 4.71. The van der Waals surface area contributed by atoms with Crippen LogP contribution in [0.4, 0.5) is 0 Å². The number of hydrogen-bond acceptors (Lipinski definition) is 3. The van der Waals surface area contributed by atoms with Crippen LogP contribution in [0.25, 0.3) is 6.08 Å². The number of carboxylic acids is 1. The van der Waals surface area contributed by atoms with E-state index in [-0.39, 0.29) is 5.57 Å². The minimum atomic E-state index is -0.943. The molecule has 0 aliphatic carbocycles. The van der Waals surface area contributed by atoms with Gasteiger partial charge in [0.2, 0.25) is 0 Å². The summed E-state index contributed by atoms with van der Waals surface area (Å²) in [5, 5.41) is 8.77. The predicted octanol–water partition coefficient (Wildman–Crippen LogP) is 2.19. The van der Waals surface area contributed by atoms with E-state index in [2.05, 4.69) is 0 Å². The third-order valence-corrected chi connectivity index (χ3v) is 2.09. The van der Waals surface area contributed by atoms with E-state index >= 15 is 0 Å². The smallest absolute Gasteiger partial charge is 0.331 e. The molecule has 0 aliphatic heterocycles. The van der Waals surface area contributed by atoms with Crippen molar-refractivity contribution >= 4 is 12.0 Å². The average Bonchev–Trinajstić information content (AvgIpc) is 2.28. The van der Waals surface area contributed by atoms with E-state index < -0.39 is 5.97 Å². The first-order valence-corrected chi connectivity index (χ1v) is 4.71. The summed E-state index contributed by atoms with van der Waals surface area (Å²) in [6, 6.07) is 5.22. The first-order chi connectivity index (χ1) is 7.56. The van der Waals surface area contributed by atoms with Gasteiger partial charge in [0.1, 0.15) is 11.5 Å². The molecule has 0 unspecified atom stereocenters. The summed E-state index contributed by atoms with van der Waals surface area (Å²) >= 11 is 0. The molecule has 0 atom stereocenters. The number of aliphatic carboxylic acids is 1. The van der Waals surface area contributed by atoms with Crippen LogP contribution < -0.4 is 9.47 Å². The highest BCUT2D eigenvalue weighted by Gasteiger charge is 2.03. The highest BCUT2D eigenvalue weighted by molar-refractivity contribution is 5.91. The number of rotatable bonds is 4. The van der Waals surface area contributed by atoms with Crippen LogP contribution in [0.15, 0.2) is 23.8 Å². The quantitative estimate of drug-likeness (QED) is 0.793. The minimum Gasteiger partial charge on any atom is -0.497 e. The zero-order valence-electron chi connectivity index (χ0n) is 9.48. The van der Waals surface area contributed by atoms with Crippen LogP contribution in [0.1, 0.15) is 12.5 Å². The Morgan fingerprint density at radius 2 is 1.69 bits per heavy atom. The number of methoxy groups -OCH3 is 2. The van der Waals surface area contributed by atoms with E-state index in [1.165, 1.54) is 6.92 Å². The molecule has 0 saturated heterocycles. The first kappa shape index (κ1) is 12.1. The Labute approximate surface area is 94.1 Å². The number of benzene rings is 1. The summed E-state index contributed by atoms with van der Waals surface area (Å²) in [6.45, 7) is 1.54. The van der Waals surface area contributed by atoms with Crippen LogP contribution in [-0.4, -0.2) is 25.3 Å². The lowest BCUT2D eigenvalue weighted by atomic mass is 10.1. The van der Waals surface area contributed by atoms with Gasteiger partial charge in [0.25, 0.3) is 0 Å².